The third kappa shape index (κ3) is 4.02. The van der Waals surface area contributed by atoms with Gasteiger partial charge < -0.3 is 15.7 Å². The van der Waals surface area contributed by atoms with Crippen LogP contribution in [0.4, 0.5) is 9.18 Å². The molecule has 5 heteroatoms. The molecule has 2 fully saturated rings. The summed E-state index contributed by atoms with van der Waals surface area (Å²) < 4.78 is 13.6. The van der Waals surface area contributed by atoms with Crippen molar-refractivity contribution >= 4 is 6.03 Å². The highest BCUT2D eigenvalue weighted by molar-refractivity contribution is 5.74. The van der Waals surface area contributed by atoms with Crippen molar-refractivity contribution in [1.29, 1.82) is 0 Å². The summed E-state index contributed by atoms with van der Waals surface area (Å²) in [7, 11) is 0. The lowest BCUT2D eigenvalue weighted by Gasteiger charge is -2.26. The standard InChI is InChI=1S/C18H25FN2O2/c19-15-7-3-6-14(10-15)16(13-4-1-2-5-13)21-17(23)20-11-18(12-22)8-9-18/h3,6-7,10,13,16,22H,1-2,4-5,8-9,11-12H2,(H2,20,21,23). The minimum atomic E-state index is -0.273. The maximum Gasteiger partial charge on any atom is 0.315 e. The summed E-state index contributed by atoms with van der Waals surface area (Å²) in [6.07, 6.45) is 6.35. The molecule has 0 aromatic heterocycles. The van der Waals surface area contributed by atoms with E-state index >= 15 is 0 Å². The molecule has 4 nitrogen and oxygen atoms in total. The third-order valence-corrected chi connectivity index (χ3v) is 5.28. The van der Waals surface area contributed by atoms with Crippen LogP contribution in [0, 0.1) is 17.2 Å². The molecule has 0 bridgehead atoms. The minimum absolute atomic E-state index is 0.112. The van der Waals surface area contributed by atoms with E-state index in [9.17, 15) is 14.3 Å². The van der Waals surface area contributed by atoms with Gasteiger partial charge in [-0.15, -0.1) is 0 Å². The van der Waals surface area contributed by atoms with Gasteiger partial charge in [0.1, 0.15) is 5.82 Å². The van der Waals surface area contributed by atoms with E-state index in [1.807, 2.05) is 6.07 Å². The van der Waals surface area contributed by atoms with Gasteiger partial charge in [0.2, 0.25) is 0 Å². The van der Waals surface area contributed by atoms with Gasteiger partial charge in [-0.3, -0.25) is 0 Å². The molecule has 0 saturated heterocycles. The molecule has 23 heavy (non-hydrogen) atoms. The van der Waals surface area contributed by atoms with E-state index < -0.39 is 0 Å². The Morgan fingerprint density at radius 3 is 2.70 bits per heavy atom. The van der Waals surface area contributed by atoms with Crippen LogP contribution in [-0.4, -0.2) is 24.3 Å². The summed E-state index contributed by atoms with van der Waals surface area (Å²) in [4.78, 5) is 12.3. The molecule has 0 heterocycles. The number of urea groups is 1. The van der Waals surface area contributed by atoms with Crippen LogP contribution in [0.15, 0.2) is 24.3 Å². The highest BCUT2D eigenvalue weighted by Gasteiger charge is 2.42. The largest absolute Gasteiger partial charge is 0.396 e. The van der Waals surface area contributed by atoms with E-state index in [1.165, 1.54) is 12.1 Å². The van der Waals surface area contributed by atoms with Crippen molar-refractivity contribution in [2.75, 3.05) is 13.2 Å². The van der Waals surface area contributed by atoms with Crippen LogP contribution in [0.2, 0.25) is 0 Å². The van der Waals surface area contributed by atoms with Crippen LogP contribution in [0.5, 0.6) is 0 Å². The first-order chi connectivity index (χ1) is 11.1. The van der Waals surface area contributed by atoms with Crippen molar-refractivity contribution < 1.29 is 14.3 Å². The van der Waals surface area contributed by atoms with Gasteiger partial charge in [0.15, 0.2) is 0 Å². The molecule has 1 aromatic carbocycles. The lowest BCUT2D eigenvalue weighted by molar-refractivity contribution is 0.200. The summed E-state index contributed by atoms with van der Waals surface area (Å²) >= 11 is 0. The summed E-state index contributed by atoms with van der Waals surface area (Å²) in [5.74, 6) is 0.0835. The molecule has 2 amide bonds. The number of rotatable bonds is 6. The number of aliphatic hydroxyl groups is 1. The average molecular weight is 320 g/mol. The highest BCUT2D eigenvalue weighted by atomic mass is 19.1. The van der Waals surface area contributed by atoms with Crippen LogP contribution in [-0.2, 0) is 0 Å². The molecule has 0 radical (unpaired) electrons. The number of benzene rings is 1. The van der Waals surface area contributed by atoms with Crippen molar-refractivity contribution in [3.05, 3.63) is 35.6 Å². The van der Waals surface area contributed by atoms with Crippen LogP contribution in [0.3, 0.4) is 0 Å². The number of aliphatic hydroxyl groups excluding tert-OH is 1. The van der Waals surface area contributed by atoms with Gasteiger partial charge in [-0.05, 0) is 49.3 Å². The maximum atomic E-state index is 13.6. The number of nitrogens with one attached hydrogen (secondary N) is 2. The van der Waals surface area contributed by atoms with Crippen molar-refractivity contribution in [3.63, 3.8) is 0 Å². The molecule has 2 aliphatic rings. The smallest absolute Gasteiger partial charge is 0.315 e. The van der Waals surface area contributed by atoms with Gasteiger partial charge in [-0.1, -0.05) is 25.0 Å². The lowest BCUT2D eigenvalue weighted by Crippen LogP contribution is -2.42. The first-order valence-electron chi connectivity index (χ1n) is 8.53. The first-order valence-corrected chi connectivity index (χ1v) is 8.53. The monoisotopic (exact) mass is 320 g/mol. The molecular weight excluding hydrogens is 295 g/mol. The fourth-order valence-electron chi connectivity index (χ4n) is 3.49. The van der Waals surface area contributed by atoms with Gasteiger partial charge in [0.05, 0.1) is 12.6 Å². The van der Waals surface area contributed by atoms with Gasteiger partial charge in [-0.25, -0.2) is 9.18 Å². The van der Waals surface area contributed by atoms with Gasteiger partial charge in [-0.2, -0.15) is 0 Å². The Bertz CT molecular complexity index is 554. The van der Waals surface area contributed by atoms with Crippen molar-refractivity contribution in [1.82, 2.24) is 10.6 Å². The van der Waals surface area contributed by atoms with Crippen molar-refractivity contribution in [2.45, 2.75) is 44.6 Å². The van der Waals surface area contributed by atoms with Crippen LogP contribution < -0.4 is 10.6 Å². The minimum Gasteiger partial charge on any atom is -0.396 e. The molecular formula is C18H25FN2O2. The van der Waals surface area contributed by atoms with E-state index in [-0.39, 0.29) is 29.9 Å². The Kier molecular flexibility index (Phi) is 4.85. The highest BCUT2D eigenvalue weighted by Crippen LogP contribution is 2.44. The normalized spacial score (nSPS) is 21.0. The maximum absolute atomic E-state index is 13.6. The van der Waals surface area contributed by atoms with Crippen LogP contribution in [0.25, 0.3) is 0 Å². The van der Waals surface area contributed by atoms with Crippen molar-refractivity contribution in [2.24, 2.45) is 11.3 Å². The zero-order valence-corrected chi connectivity index (χ0v) is 13.4. The second kappa shape index (κ2) is 6.87. The fraction of sp³-hybridized carbons (Fsp3) is 0.611. The second-order valence-corrected chi connectivity index (χ2v) is 7.06. The zero-order valence-electron chi connectivity index (χ0n) is 13.4. The molecule has 2 saturated carbocycles. The predicted molar refractivity (Wildman–Crippen MR) is 86.4 cm³/mol. The van der Waals surface area contributed by atoms with E-state index in [2.05, 4.69) is 10.6 Å². The van der Waals surface area contributed by atoms with Gasteiger partial charge in [0, 0.05) is 12.0 Å². The Balaban J connectivity index is 1.64. The summed E-state index contributed by atoms with van der Waals surface area (Å²) in [5, 5.41) is 15.2. The van der Waals surface area contributed by atoms with Crippen LogP contribution >= 0.6 is 0 Å². The molecule has 3 rings (SSSR count). The first kappa shape index (κ1) is 16.2. The van der Waals surface area contributed by atoms with Crippen molar-refractivity contribution in [3.8, 4) is 0 Å². The number of amides is 2. The zero-order chi connectivity index (χ0) is 16.3. The van der Waals surface area contributed by atoms with Gasteiger partial charge >= 0.3 is 6.03 Å². The Morgan fingerprint density at radius 1 is 1.35 bits per heavy atom. The third-order valence-electron chi connectivity index (χ3n) is 5.28. The molecule has 126 valence electrons. The fourth-order valence-corrected chi connectivity index (χ4v) is 3.49. The predicted octanol–water partition coefficient (Wildman–Crippen LogP) is 3.13. The number of halogens is 1. The van der Waals surface area contributed by atoms with Crippen LogP contribution in [0.1, 0.15) is 50.1 Å². The quantitative estimate of drug-likeness (QED) is 0.754. The molecule has 0 aliphatic heterocycles. The molecule has 0 spiro atoms. The SMILES string of the molecule is O=C(NCC1(CO)CC1)NC(c1cccc(F)c1)C1CCCC1. The Morgan fingerprint density at radius 2 is 2.09 bits per heavy atom. The number of hydrogen-bond donors (Lipinski definition) is 3. The molecule has 3 N–H and O–H groups in total. The van der Waals surface area contributed by atoms with Gasteiger partial charge in [0.25, 0.3) is 0 Å². The average Bonchev–Trinajstić information content (AvgIpc) is 3.14. The lowest BCUT2D eigenvalue weighted by atomic mass is 9.91. The summed E-state index contributed by atoms with van der Waals surface area (Å²) in [5.41, 5.74) is 0.717. The second-order valence-electron chi connectivity index (χ2n) is 7.06. The summed E-state index contributed by atoms with van der Waals surface area (Å²) in [6, 6.07) is 6.12. The Labute approximate surface area is 136 Å². The Hall–Kier alpha value is -1.62. The summed E-state index contributed by atoms with van der Waals surface area (Å²) in [6.45, 7) is 0.610. The number of hydrogen-bond acceptors (Lipinski definition) is 2. The molecule has 2 aliphatic carbocycles. The molecule has 1 unspecified atom stereocenters. The molecule has 1 atom stereocenters. The van der Waals surface area contributed by atoms with E-state index in [0.29, 0.717) is 12.5 Å². The molecule has 1 aromatic rings. The topological polar surface area (TPSA) is 61.4 Å². The van der Waals surface area contributed by atoms with E-state index in [0.717, 1.165) is 44.1 Å². The number of carbonyl (C=O) groups is 1. The van der Waals surface area contributed by atoms with E-state index in [1.54, 1.807) is 6.07 Å². The number of carbonyl (C=O) groups excluding carboxylic acids is 1. The van der Waals surface area contributed by atoms with E-state index in [4.69, 9.17) is 0 Å².